The number of fused-ring (bicyclic) bond motifs is 3. The van der Waals surface area contributed by atoms with Crippen LogP contribution in [0, 0.1) is 0 Å². The van der Waals surface area contributed by atoms with E-state index >= 15 is 0 Å². The first kappa shape index (κ1) is 23.1. The zero-order valence-corrected chi connectivity index (χ0v) is 20.2. The van der Waals surface area contributed by atoms with Gasteiger partial charge in [0.15, 0.2) is 6.29 Å². The summed E-state index contributed by atoms with van der Waals surface area (Å²) in [4.78, 5) is 26.0. The monoisotopic (exact) mass is 478 g/mol. The normalized spacial score (nSPS) is 12.1. The van der Waals surface area contributed by atoms with Gasteiger partial charge in [0.1, 0.15) is 6.61 Å². The van der Waals surface area contributed by atoms with Gasteiger partial charge in [-0.05, 0) is 52.8 Å². The number of benzene rings is 4. The number of hydrogen-bond acceptors (Lipinski definition) is 4. The maximum absolute atomic E-state index is 12.6. The first-order chi connectivity index (χ1) is 17.2. The number of aryl methyl sites for hydroxylation is 1. The lowest BCUT2D eigenvalue weighted by molar-refractivity contribution is -0.144. The maximum atomic E-state index is 12.6. The van der Waals surface area contributed by atoms with E-state index in [4.69, 9.17) is 4.74 Å². The van der Waals surface area contributed by atoms with E-state index in [1.807, 2.05) is 48.5 Å². The number of rotatable bonds is 9. The van der Waals surface area contributed by atoms with Gasteiger partial charge < -0.3 is 4.74 Å². The molecule has 1 aliphatic carbocycles. The second-order valence-electron chi connectivity index (χ2n) is 8.63. The van der Waals surface area contributed by atoms with Crippen LogP contribution in [-0.2, 0) is 16.0 Å². The molecule has 0 spiro atoms. The SMILES string of the molecule is O=Cc1ccccc1Sc1ccccc1CCCC(=O)OCC1c2ccccc2-c2ccccc21. The number of esters is 1. The molecule has 4 aromatic carbocycles. The van der Waals surface area contributed by atoms with Crippen LogP contribution in [0.15, 0.2) is 107 Å². The molecule has 0 amide bonds. The van der Waals surface area contributed by atoms with Crippen molar-refractivity contribution in [2.24, 2.45) is 0 Å². The summed E-state index contributed by atoms with van der Waals surface area (Å²) >= 11 is 1.59. The Labute approximate surface area is 210 Å². The summed E-state index contributed by atoms with van der Waals surface area (Å²) in [6, 6.07) is 32.5. The van der Waals surface area contributed by atoms with Gasteiger partial charge in [0.2, 0.25) is 0 Å². The van der Waals surface area contributed by atoms with Crippen LogP contribution in [0.3, 0.4) is 0 Å². The quantitative estimate of drug-likeness (QED) is 0.187. The van der Waals surface area contributed by atoms with Crippen LogP contribution in [0.25, 0.3) is 11.1 Å². The third-order valence-electron chi connectivity index (χ3n) is 6.44. The highest BCUT2D eigenvalue weighted by Gasteiger charge is 2.28. The lowest BCUT2D eigenvalue weighted by Crippen LogP contribution is -2.12. The summed E-state index contributed by atoms with van der Waals surface area (Å²) in [5, 5.41) is 0. The van der Waals surface area contributed by atoms with E-state index in [9.17, 15) is 9.59 Å². The van der Waals surface area contributed by atoms with E-state index in [0.717, 1.165) is 22.5 Å². The highest BCUT2D eigenvalue weighted by atomic mass is 32.2. The Kier molecular flexibility index (Phi) is 7.10. The van der Waals surface area contributed by atoms with E-state index in [2.05, 4.69) is 48.5 Å². The fraction of sp³-hybridized carbons (Fsp3) is 0.161. The van der Waals surface area contributed by atoms with Crippen molar-refractivity contribution in [2.45, 2.75) is 35.0 Å². The van der Waals surface area contributed by atoms with Gasteiger partial charge >= 0.3 is 5.97 Å². The van der Waals surface area contributed by atoms with Gasteiger partial charge in [-0.1, -0.05) is 96.7 Å². The van der Waals surface area contributed by atoms with E-state index in [-0.39, 0.29) is 11.9 Å². The van der Waals surface area contributed by atoms with Crippen molar-refractivity contribution in [3.8, 4) is 11.1 Å². The first-order valence-corrected chi connectivity index (χ1v) is 12.7. The van der Waals surface area contributed by atoms with Gasteiger partial charge in [-0.25, -0.2) is 0 Å². The van der Waals surface area contributed by atoms with Crippen molar-refractivity contribution in [2.75, 3.05) is 6.61 Å². The van der Waals surface area contributed by atoms with Crippen LogP contribution in [-0.4, -0.2) is 18.9 Å². The van der Waals surface area contributed by atoms with Crippen LogP contribution in [0.5, 0.6) is 0 Å². The number of ether oxygens (including phenoxy) is 1. The average molecular weight is 479 g/mol. The summed E-state index contributed by atoms with van der Waals surface area (Å²) in [7, 11) is 0. The van der Waals surface area contributed by atoms with Crippen molar-refractivity contribution >= 4 is 24.0 Å². The Morgan fingerprint density at radius 3 is 2.09 bits per heavy atom. The van der Waals surface area contributed by atoms with E-state index < -0.39 is 0 Å². The Morgan fingerprint density at radius 1 is 0.771 bits per heavy atom. The molecule has 0 saturated heterocycles. The first-order valence-electron chi connectivity index (χ1n) is 11.9. The smallest absolute Gasteiger partial charge is 0.305 e. The number of hydrogen-bond donors (Lipinski definition) is 0. The zero-order chi connectivity index (χ0) is 24.0. The molecule has 0 aromatic heterocycles. The molecule has 0 unspecified atom stereocenters. The van der Waals surface area contributed by atoms with Gasteiger partial charge in [0.05, 0.1) is 0 Å². The van der Waals surface area contributed by atoms with Gasteiger partial charge in [-0.3, -0.25) is 9.59 Å². The van der Waals surface area contributed by atoms with Crippen molar-refractivity contribution in [1.29, 1.82) is 0 Å². The summed E-state index contributed by atoms with van der Waals surface area (Å²) < 4.78 is 5.75. The molecular formula is C31H26O3S. The second-order valence-corrected chi connectivity index (χ2v) is 9.71. The van der Waals surface area contributed by atoms with Crippen LogP contribution in [0.1, 0.15) is 45.8 Å². The fourth-order valence-corrected chi connectivity index (χ4v) is 5.78. The molecule has 3 nitrogen and oxygen atoms in total. The van der Waals surface area contributed by atoms with Gasteiger partial charge in [-0.2, -0.15) is 0 Å². The van der Waals surface area contributed by atoms with E-state index in [0.29, 0.717) is 25.0 Å². The van der Waals surface area contributed by atoms with Crippen LogP contribution >= 0.6 is 11.8 Å². The largest absolute Gasteiger partial charge is 0.465 e. The molecule has 4 heteroatoms. The maximum Gasteiger partial charge on any atom is 0.305 e. The molecule has 0 atom stereocenters. The van der Waals surface area contributed by atoms with Crippen LogP contribution in [0.4, 0.5) is 0 Å². The molecule has 0 N–H and O–H groups in total. The Bertz CT molecular complexity index is 1320. The molecule has 35 heavy (non-hydrogen) atoms. The zero-order valence-electron chi connectivity index (χ0n) is 19.4. The predicted molar refractivity (Wildman–Crippen MR) is 140 cm³/mol. The molecular weight excluding hydrogens is 452 g/mol. The molecule has 0 radical (unpaired) electrons. The number of carbonyl (C=O) groups excluding carboxylic acids is 2. The predicted octanol–water partition coefficient (Wildman–Crippen LogP) is 7.33. The van der Waals surface area contributed by atoms with Crippen molar-refractivity contribution < 1.29 is 14.3 Å². The molecule has 0 saturated carbocycles. The molecule has 0 heterocycles. The second kappa shape index (κ2) is 10.7. The summed E-state index contributed by atoms with van der Waals surface area (Å²) in [6.45, 7) is 0.363. The Morgan fingerprint density at radius 2 is 1.37 bits per heavy atom. The van der Waals surface area contributed by atoms with Crippen molar-refractivity contribution in [3.05, 3.63) is 119 Å². The van der Waals surface area contributed by atoms with Crippen molar-refractivity contribution in [1.82, 2.24) is 0 Å². The minimum atomic E-state index is -0.164. The molecule has 4 aromatic rings. The molecule has 5 rings (SSSR count). The lowest BCUT2D eigenvalue weighted by Gasteiger charge is -2.14. The van der Waals surface area contributed by atoms with E-state index in [1.165, 1.54) is 27.8 Å². The molecule has 0 fully saturated rings. The summed E-state index contributed by atoms with van der Waals surface area (Å²) in [5.74, 6) is -0.0790. The van der Waals surface area contributed by atoms with Crippen LogP contribution in [0.2, 0.25) is 0 Å². The Hall–Kier alpha value is -3.63. The fourth-order valence-electron chi connectivity index (χ4n) is 4.71. The van der Waals surface area contributed by atoms with Gasteiger partial charge in [-0.15, -0.1) is 0 Å². The standard InChI is InChI=1S/C31H26O3S/c32-20-23-11-2-8-18-30(23)35-29-17-7-1-10-22(29)12-9-19-31(33)34-21-28-26-15-5-3-13-24(26)25-14-4-6-16-27(25)28/h1-8,10-11,13-18,20,28H,9,12,19,21H2. The highest BCUT2D eigenvalue weighted by molar-refractivity contribution is 7.99. The topological polar surface area (TPSA) is 43.4 Å². The molecule has 0 bridgehead atoms. The van der Waals surface area contributed by atoms with Gasteiger partial charge in [0.25, 0.3) is 0 Å². The lowest BCUT2D eigenvalue weighted by atomic mass is 9.98. The minimum absolute atomic E-state index is 0.0846. The summed E-state index contributed by atoms with van der Waals surface area (Å²) in [5.41, 5.74) is 6.77. The average Bonchev–Trinajstić information content (AvgIpc) is 3.22. The molecule has 174 valence electrons. The van der Waals surface area contributed by atoms with Crippen LogP contribution < -0.4 is 0 Å². The van der Waals surface area contributed by atoms with Gasteiger partial charge in [0, 0.05) is 27.7 Å². The van der Waals surface area contributed by atoms with E-state index in [1.54, 1.807) is 11.8 Å². The molecule has 1 aliphatic rings. The third kappa shape index (κ3) is 5.08. The molecule has 0 aliphatic heterocycles. The third-order valence-corrected chi connectivity index (χ3v) is 7.65. The Balaban J connectivity index is 1.18. The highest BCUT2D eigenvalue weighted by Crippen LogP contribution is 2.44. The number of aldehydes is 1. The summed E-state index contributed by atoms with van der Waals surface area (Å²) in [6.07, 6.45) is 2.75. The van der Waals surface area contributed by atoms with Crippen molar-refractivity contribution in [3.63, 3.8) is 0 Å². The number of carbonyl (C=O) groups is 2. The minimum Gasteiger partial charge on any atom is -0.465 e.